The van der Waals surface area contributed by atoms with Crippen LogP contribution in [-0.4, -0.2) is 36.9 Å². The molecular formula is C12H19BrN4O. The van der Waals surface area contributed by atoms with Gasteiger partial charge in [0.25, 0.3) is 0 Å². The number of rotatable bonds is 6. The fraction of sp³-hybridized carbons (Fsp3) is 0.333. The van der Waals surface area contributed by atoms with E-state index >= 15 is 0 Å². The number of hydrogen-bond donors (Lipinski definition) is 3. The summed E-state index contributed by atoms with van der Waals surface area (Å²) >= 11 is 3.40. The van der Waals surface area contributed by atoms with Crippen LogP contribution in [0.1, 0.15) is 0 Å². The van der Waals surface area contributed by atoms with Gasteiger partial charge in [-0.2, -0.15) is 0 Å². The summed E-state index contributed by atoms with van der Waals surface area (Å²) in [5.74, 6) is 5.73. The van der Waals surface area contributed by atoms with Gasteiger partial charge in [-0.05, 0) is 24.3 Å². The second-order valence-electron chi connectivity index (χ2n) is 4.00. The maximum absolute atomic E-state index is 8.77. The molecule has 1 rings (SSSR count). The summed E-state index contributed by atoms with van der Waals surface area (Å²) in [6.45, 7) is 1.19. The van der Waals surface area contributed by atoms with E-state index < -0.39 is 0 Å². The molecule has 1 aromatic carbocycles. The lowest BCUT2D eigenvalue weighted by atomic mass is 10.3. The molecule has 0 amide bonds. The number of nitrogens with zero attached hydrogens (tertiary/aromatic N) is 2. The molecule has 0 fully saturated rings. The predicted molar refractivity (Wildman–Crippen MR) is 77.7 cm³/mol. The molecule has 100 valence electrons. The van der Waals surface area contributed by atoms with Crippen LogP contribution in [0, 0.1) is 0 Å². The Kier molecular flexibility index (Phi) is 5.97. The summed E-state index contributed by atoms with van der Waals surface area (Å²) in [4.78, 5) is 2.09. The molecule has 1 aromatic rings. The minimum Gasteiger partial charge on any atom is -0.399 e. The third-order valence-corrected chi connectivity index (χ3v) is 3.00. The van der Waals surface area contributed by atoms with Crippen LogP contribution in [-0.2, 0) is 0 Å². The first-order valence-corrected chi connectivity index (χ1v) is 6.37. The van der Waals surface area contributed by atoms with Gasteiger partial charge < -0.3 is 20.7 Å². The Labute approximate surface area is 116 Å². The fourth-order valence-electron chi connectivity index (χ4n) is 1.41. The maximum atomic E-state index is 8.77. The quantitative estimate of drug-likeness (QED) is 0.536. The summed E-state index contributed by atoms with van der Waals surface area (Å²) in [6, 6.07) is 8.05. The first kappa shape index (κ1) is 14.8. The van der Waals surface area contributed by atoms with Gasteiger partial charge in [0.2, 0.25) is 0 Å². The molecule has 0 aliphatic rings. The maximum Gasteiger partial charge on any atom is 0.0840 e. The number of hydrazine groups is 1. The van der Waals surface area contributed by atoms with E-state index in [1.165, 1.54) is 11.2 Å². The van der Waals surface area contributed by atoms with Gasteiger partial charge in [-0.3, -0.25) is 0 Å². The highest BCUT2D eigenvalue weighted by Gasteiger charge is 2.02. The molecule has 0 heterocycles. The van der Waals surface area contributed by atoms with Gasteiger partial charge in [0.1, 0.15) is 0 Å². The number of anilines is 1. The Morgan fingerprint density at radius 3 is 2.50 bits per heavy atom. The Balaban J connectivity index is 2.46. The van der Waals surface area contributed by atoms with E-state index in [1.54, 1.807) is 0 Å². The van der Waals surface area contributed by atoms with Crippen LogP contribution in [0.15, 0.2) is 40.6 Å². The van der Waals surface area contributed by atoms with Crippen LogP contribution < -0.4 is 16.5 Å². The SMILES string of the molecule is CN(CCN(N)/C=C(\N)CO)c1ccc(Br)cc1. The van der Waals surface area contributed by atoms with Gasteiger partial charge in [-0.25, -0.2) is 5.84 Å². The van der Waals surface area contributed by atoms with Crippen molar-refractivity contribution in [3.63, 3.8) is 0 Å². The monoisotopic (exact) mass is 314 g/mol. The Morgan fingerprint density at radius 1 is 1.33 bits per heavy atom. The third-order valence-electron chi connectivity index (χ3n) is 2.48. The summed E-state index contributed by atoms with van der Waals surface area (Å²) in [5, 5.41) is 10.2. The van der Waals surface area contributed by atoms with Crippen LogP contribution in [0.25, 0.3) is 0 Å². The lowest BCUT2D eigenvalue weighted by Gasteiger charge is -2.22. The number of halogens is 1. The lowest BCUT2D eigenvalue weighted by Crippen LogP contribution is -2.35. The highest BCUT2D eigenvalue weighted by atomic mass is 79.9. The number of likely N-dealkylation sites (N-methyl/N-ethyl adjacent to an activating group) is 1. The van der Waals surface area contributed by atoms with Crippen molar-refractivity contribution in [3.8, 4) is 0 Å². The molecule has 0 aromatic heterocycles. The molecule has 0 aliphatic heterocycles. The van der Waals surface area contributed by atoms with Crippen LogP contribution in [0.2, 0.25) is 0 Å². The van der Waals surface area contributed by atoms with E-state index in [0.29, 0.717) is 12.2 Å². The van der Waals surface area contributed by atoms with E-state index in [0.717, 1.165) is 16.7 Å². The summed E-state index contributed by atoms with van der Waals surface area (Å²) in [6.07, 6.45) is 1.54. The zero-order valence-corrected chi connectivity index (χ0v) is 12.0. The van der Waals surface area contributed by atoms with Gasteiger partial charge in [0, 0.05) is 30.0 Å². The van der Waals surface area contributed by atoms with Crippen molar-refractivity contribution in [1.82, 2.24) is 5.01 Å². The lowest BCUT2D eigenvalue weighted by molar-refractivity contribution is 0.320. The van der Waals surface area contributed by atoms with Crippen molar-refractivity contribution >= 4 is 21.6 Å². The van der Waals surface area contributed by atoms with Gasteiger partial charge in [0.05, 0.1) is 18.8 Å². The van der Waals surface area contributed by atoms with Crippen molar-refractivity contribution in [2.75, 3.05) is 31.6 Å². The van der Waals surface area contributed by atoms with Crippen molar-refractivity contribution < 1.29 is 5.11 Å². The number of aliphatic hydroxyl groups excluding tert-OH is 1. The normalized spacial score (nSPS) is 11.4. The molecule has 0 bridgehead atoms. The number of nitrogens with two attached hydrogens (primary N) is 2. The highest BCUT2D eigenvalue weighted by molar-refractivity contribution is 9.10. The number of hydrogen-bond acceptors (Lipinski definition) is 5. The van der Waals surface area contributed by atoms with E-state index in [4.69, 9.17) is 16.7 Å². The topological polar surface area (TPSA) is 78.8 Å². The van der Waals surface area contributed by atoms with E-state index in [-0.39, 0.29) is 6.61 Å². The van der Waals surface area contributed by atoms with Crippen molar-refractivity contribution in [1.29, 1.82) is 0 Å². The highest BCUT2D eigenvalue weighted by Crippen LogP contribution is 2.16. The van der Waals surface area contributed by atoms with Gasteiger partial charge >= 0.3 is 0 Å². The minimum atomic E-state index is -0.184. The molecule has 5 nitrogen and oxygen atoms in total. The fourth-order valence-corrected chi connectivity index (χ4v) is 1.67. The second kappa shape index (κ2) is 7.25. The largest absolute Gasteiger partial charge is 0.399 e. The standard InChI is InChI=1S/C12H19BrN4O/c1-16(12-4-2-10(13)3-5-12)6-7-17(15)8-11(14)9-18/h2-5,8,18H,6-7,9,14-15H2,1H3/b11-8-. The smallest absolute Gasteiger partial charge is 0.0840 e. The average molecular weight is 315 g/mol. The molecule has 0 saturated heterocycles. The molecule has 18 heavy (non-hydrogen) atoms. The first-order valence-electron chi connectivity index (χ1n) is 5.58. The molecule has 0 atom stereocenters. The molecule has 6 heteroatoms. The Bertz CT molecular complexity index is 394. The van der Waals surface area contributed by atoms with Crippen LogP contribution in [0.4, 0.5) is 5.69 Å². The Hall–Kier alpha value is -1.24. The van der Waals surface area contributed by atoms with E-state index in [1.807, 2.05) is 31.3 Å². The number of aliphatic hydroxyl groups is 1. The molecule has 0 spiro atoms. The second-order valence-corrected chi connectivity index (χ2v) is 4.91. The van der Waals surface area contributed by atoms with Crippen molar-refractivity contribution in [2.24, 2.45) is 11.6 Å². The van der Waals surface area contributed by atoms with E-state index in [2.05, 4.69) is 20.8 Å². The molecule has 0 radical (unpaired) electrons. The average Bonchev–Trinajstić information content (AvgIpc) is 2.36. The molecule has 0 unspecified atom stereocenters. The van der Waals surface area contributed by atoms with Gasteiger partial charge in [0.15, 0.2) is 0 Å². The Morgan fingerprint density at radius 2 is 1.94 bits per heavy atom. The van der Waals surface area contributed by atoms with Crippen LogP contribution >= 0.6 is 15.9 Å². The summed E-state index contributed by atoms with van der Waals surface area (Å²) in [7, 11) is 2.00. The third kappa shape index (κ3) is 4.95. The van der Waals surface area contributed by atoms with Crippen molar-refractivity contribution in [2.45, 2.75) is 0 Å². The molecule has 0 saturated carbocycles. The molecule has 0 aliphatic carbocycles. The first-order chi connectivity index (χ1) is 8.52. The van der Waals surface area contributed by atoms with Gasteiger partial charge in [-0.15, -0.1) is 0 Å². The van der Waals surface area contributed by atoms with E-state index in [9.17, 15) is 0 Å². The molecule has 5 N–H and O–H groups in total. The van der Waals surface area contributed by atoms with Crippen LogP contribution in [0.3, 0.4) is 0 Å². The predicted octanol–water partition coefficient (Wildman–Crippen LogP) is 0.853. The zero-order valence-electron chi connectivity index (χ0n) is 10.4. The summed E-state index contributed by atoms with van der Waals surface area (Å²) in [5.41, 5.74) is 6.95. The van der Waals surface area contributed by atoms with Crippen LogP contribution in [0.5, 0.6) is 0 Å². The number of benzene rings is 1. The molecular weight excluding hydrogens is 296 g/mol. The van der Waals surface area contributed by atoms with Gasteiger partial charge in [-0.1, -0.05) is 15.9 Å². The summed E-state index contributed by atoms with van der Waals surface area (Å²) < 4.78 is 1.05. The zero-order chi connectivity index (χ0) is 13.5. The minimum absolute atomic E-state index is 0.184. The van der Waals surface area contributed by atoms with Crippen molar-refractivity contribution in [3.05, 3.63) is 40.6 Å².